The van der Waals surface area contributed by atoms with Gasteiger partial charge in [-0.3, -0.25) is 14.0 Å². The molecular formula is C28H23F3N8O2. The van der Waals surface area contributed by atoms with Gasteiger partial charge in [0.2, 0.25) is 11.9 Å². The van der Waals surface area contributed by atoms with E-state index in [4.69, 9.17) is 10.7 Å². The van der Waals surface area contributed by atoms with Gasteiger partial charge in [0.15, 0.2) is 0 Å². The summed E-state index contributed by atoms with van der Waals surface area (Å²) in [5.41, 5.74) is 7.13. The molecule has 3 N–H and O–H groups in total. The molecule has 1 unspecified atom stereocenters. The first-order valence-electron chi connectivity index (χ1n) is 12.5. The molecule has 4 aromatic rings. The summed E-state index contributed by atoms with van der Waals surface area (Å²) >= 11 is 0. The van der Waals surface area contributed by atoms with Crippen molar-refractivity contribution >= 4 is 29.1 Å². The van der Waals surface area contributed by atoms with Crippen LogP contribution in [0.5, 0.6) is 0 Å². The second-order valence-electron chi connectivity index (χ2n) is 9.43. The number of alkyl halides is 3. The van der Waals surface area contributed by atoms with Crippen LogP contribution in [-0.4, -0.2) is 49.2 Å². The molecule has 10 nitrogen and oxygen atoms in total. The molecule has 4 heterocycles. The maximum absolute atomic E-state index is 13.0. The van der Waals surface area contributed by atoms with Gasteiger partial charge in [0, 0.05) is 42.5 Å². The molecule has 0 saturated carbocycles. The highest BCUT2D eigenvalue weighted by atomic mass is 19.4. The molecule has 1 atom stereocenters. The molecule has 1 aromatic carbocycles. The Hall–Kier alpha value is -5.25. The Kier molecular flexibility index (Phi) is 7.15. The lowest BCUT2D eigenvalue weighted by Gasteiger charge is -2.31. The molecule has 0 aliphatic carbocycles. The number of rotatable bonds is 5. The minimum atomic E-state index is -4.60. The monoisotopic (exact) mass is 560 g/mol. The number of nitrogens with two attached hydrogens (primary N) is 1. The number of aromatic nitrogens is 4. The normalized spacial score (nSPS) is 15.4. The number of pyridine rings is 1. The summed E-state index contributed by atoms with van der Waals surface area (Å²) in [5, 5.41) is 12.3. The number of nitriles is 1. The van der Waals surface area contributed by atoms with Crippen LogP contribution in [0.15, 0.2) is 61.4 Å². The number of likely N-dealkylation sites (tertiary alicyclic amines) is 1. The van der Waals surface area contributed by atoms with Crippen LogP contribution in [0, 0.1) is 11.3 Å². The number of fused-ring (bicyclic) bond motifs is 1. The molecule has 5 rings (SSSR count). The van der Waals surface area contributed by atoms with Crippen molar-refractivity contribution < 1.29 is 22.8 Å². The number of carbonyl (C=O) groups excluding carboxylic acids is 2. The zero-order chi connectivity index (χ0) is 29.3. The number of carbonyl (C=O) groups is 2. The molecular weight excluding hydrogens is 537 g/mol. The third-order valence-corrected chi connectivity index (χ3v) is 6.88. The van der Waals surface area contributed by atoms with Crippen LogP contribution in [0.25, 0.3) is 16.9 Å². The second-order valence-corrected chi connectivity index (χ2v) is 9.43. The van der Waals surface area contributed by atoms with Gasteiger partial charge in [0.05, 0.1) is 28.4 Å². The highest BCUT2D eigenvalue weighted by Crippen LogP contribution is 2.35. The van der Waals surface area contributed by atoms with Crippen LogP contribution in [0.3, 0.4) is 0 Å². The summed E-state index contributed by atoms with van der Waals surface area (Å²) in [6.07, 6.45) is 0.727. The Bertz CT molecular complexity index is 1720. The van der Waals surface area contributed by atoms with Crippen LogP contribution in [0.4, 0.5) is 24.9 Å². The number of anilines is 2. The van der Waals surface area contributed by atoms with Crippen molar-refractivity contribution in [3.63, 3.8) is 0 Å². The van der Waals surface area contributed by atoms with Crippen molar-refractivity contribution in [1.29, 1.82) is 5.26 Å². The first kappa shape index (κ1) is 27.3. The van der Waals surface area contributed by atoms with E-state index in [0.29, 0.717) is 35.7 Å². The Labute approximate surface area is 232 Å². The standard InChI is InChI=1S/C28H23F3N8O2/c1-2-23(40)38-11-3-4-17(15-38)24-21-8-10-35-27(33)39(21)25(37-24)20-6-5-16(12-18(20)14-32)26(41)36-22-13-19(7-9-34-22)28(29,30)31/h2,5-10,12-13,17H,1,3-4,11,15H2,(H2,33,35)(H,34,36,41). The number of amides is 2. The van der Waals surface area contributed by atoms with Gasteiger partial charge in [0.1, 0.15) is 11.6 Å². The average molecular weight is 561 g/mol. The Morgan fingerprint density at radius 3 is 2.68 bits per heavy atom. The molecule has 0 radical (unpaired) electrons. The predicted octanol–water partition coefficient (Wildman–Crippen LogP) is 4.41. The van der Waals surface area contributed by atoms with Crippen LogP contribution in [0.2, 0.25) is 0 Å². The van der Waals surface area contributed by atoms with E-state index < -0.39 is 17.6 Å². The van der Waals surface area contributed by atoms with Gasteiger partial charge >= 0.3 is 6.18 Å². The summed E-state index contributed by atoms with van der Waals surface area (Å²) in [6, 6.07) is 9.60. The van der Waals surface area contributed by atoms with E-state index in [9.17, 15) is 28.0 Å². The van der Waals surface area contributed by atoms with E-state index in [1.165, 1.54) is 24.3 Å². The molecule has 13 heteroatoms. The first-order valence-corrected chi connectivity index (χ1v) is 12.5. The molecule has 1 saturated heterocycles. The minimum absolute atomic E-state index is 0.0301. The van der Waals surface area contributed by atoms with E-state index in [2.05, 4.69) is 27.9 Å². The number of nitrogens with zero attached hydrogens (tertiary/aromatic N) is 6. The fourth-order valence-corrected chi connectivity index (χ4v) is 4.93. The zero-order valence-electron chi connectivity index (χ0n) is 21.5. The number of nitrogens with one attached hydrogen (secondary N) is 1. The molecule has 0 spiro atoms. The van der Waals surface area contributed by atoms with Crippen LogP contribution in [-0.2, 0) is 11.0 Å². The van der Waals surface area contributed by atoms with Crippen molar-refractivity contribution in [2.45, 2.75) is 24.9 Å². The molecule has 0 bridgehead atoms. The number of piperidine rings is 1. The minimum Gasteiger partial charge on any atom is -0.369 e. The van der Waals surface area contributed by atoms with Crippen LogP contribution < -0.4 is 11.1 Å². The van der Waals surface area contributed by atoms with Crippen molar-refractivity contribution in [2.24, 2.45) is 0 Å². The fourth-order valence-electron chi connectivity index (χ4n) is 4.93. The number of benzene rings is 1. The summed E-state index contributed by atoms with van der Waals surface area (Å²) in [7, 11) is 0. The molecule has 1 aliphatic heterocycles. The summed E-state index contributed by atoms with van der Waals surface area (Å²) < 4.78 is 40.8. The number of nitrogen functional groups attached to an aromatic ring is 1. The summed E-state index contributed by atoms with van der Waals surface area (Å²) in [4.78, 5) is 39.6. The highest BCUT2D eigenvalue weighted by molar-refractivity contribution is 6.04. The van der Waals surface area contributed by atoms with Crippen molar-refractivity contribution in [1.82, 2.24) is 24.3 Å². The van der Waals surface area contributed by atoms with E-state index in [-0.39, 0.29) is 34.7 Å². The van der Waals surface area contributed by atoms with Crippen LogP contribution >= 0.6 is 0 Å². The smallest absolute Gasteiger partial charge is 0.369 e. The number of imidazole rings is 1. The maximum Gasteiger partial charge on any atom is 0.416 e. The Morgan fingerprint density at radius 2 is 1.95 bits per heavy atom. The van der Waals surface area contributed by atoms with E-state index in [0.717, 1.165) is 31.2 Å². The van der Waals surface area contributed by atoms with Gasteiger partial charge in [-0.1, -0.05) is 6.58 Å². The predicted molar refractivity (Wildman–Crippen MR) is 143 cm³/mol. The largest absolute Gasteiger partial charge is 0.416 e. The average Bonchev–Trinajstić information content (AvgIpc) is 3.37. The third-order valence-electron chi connectivity index (χ3n) is 6.88. The van der Waals surface area contributed by atoms with Gasteiger partial charge in [0.25, 0.3) is 5.91 Å². The second kappa shape index (κ2) is 10.7. The van der Waals surface area contributed by atoms with E-state index >= 15 is 0 Å². The van der Waals surface area contributed by atoms with E-state index in [1.807, 2.05) is 0 Å². The zero-order valence-corrected chi connectivity index (χ0v) is 21.5. The number of halogens is 3. The molecule has 208 valence electrons. The first-order chi connectivity index (χ1) is 19.6. The summed E-state index contributed by atoms with van der Waals surface area (Å²) in [5.74, 6) is -0.840. The topological polar surface area (TPSA) is 142 Å². The quantitative estimate of drug-likeness (QED) is 0.344. The van der Waals surface area contributed by atoms with Gasteiger partial charge in [-0.25, -0.2) is 15.0 Å². The molecule has 2 amide bonds. The van der Waals surface area contributed by atoms with Gasteiger partial charge < -0.3 is 16.0 Å². The van der Waals surface area contributed by atoms with Gasteiger partial charge in [-0.05, 0) is 55.3 Å². The molecule has 3 aromatic heterocycles. The van der Waals surface area contributed by atoms with Crippen molar-refractivity contribution in [2.75, 3.05) is 24.1 Å². The van der Waals surface area contributed by atoms with Gasteiger partial charge in [-0.15, -0.1) is 0 Å². The lowest BCUT2D eigenvalue weighted by Crippen LogP contribution is -2.38. The fraction of sp³-hybridized carbons (Fsp3) is 0.214. The van der Waals surface area contributed by atoms with Crippen molar-refractivity contribution in [3.05, 3.63) is 83.8 Å². The molecule has 1 aliphatic rings. The molecule has 1 fully saturated rings. The van der Waals surface area contributed by atoms with Crippen molar-refractivity contribution in [3.8, 4) is 17.5 Å². The Morgan fingerprint density at radius 1 is 1.17 bits per heavy atom. The summed E-state index contributed by atoms with van der Waals surface area (Å²) in [6.45, 7) is 4.62. The third kappa shape index (κ3) is 5.31. The lowest BCUT2D eigenvalue weighted by molar-refractivity contribution is -0.137. The maximum atomic E-state index is 13.0. The van der Waals surface area contributed by atoms with Crippen LogP contribution in [0.1, 0.15) is 45.9 Å². The molecule has 41 heavy (non-hydrogen) atoms. The van der Waals surface area contributed by atoms with E-state index in [1.54, 1.807) is 21.6 Å². The SMILES string of the molecule is C=CC(=O)N1CCCC(c2nc(-c3ccc(C(=O)Nc4cc(C(F)(F)F)ccn4)cc3C#N)n3c(N)nccc23)C1. The number of hydrogen-bond donors (Lipinski definition) is 2. The highest BCUT2D eigenvalue weighted by Gasteiger charge is 2.31. The lowest BCUT2D eigenvalue weighted by atomic mass is 9.94. The number of hydrogen-bond acceptors (Lipinski definition) is 7. The Balaban J connectivity index is 1.51. The van der Waals surface area contributed by atoms with Gasteiger partial charge in [-0.2, -0.15) is 18.4 Å².